The Morgan fingerprint density at radius 3 is 3.22 bits per heavy atom. The number of nitrogens with one attached hydrogen (secondary N) is 2. The van der Waals surface area contributed by atoms with Crippen molar-refractivity contribution in [3.8, 4) is 0 Å². The van der Waals surface area contributed by atoms with Crippen molar-refractivity contribution in [2.75, 3.05) is 18.5 Å². The SMILES string of the molecule is CCOCCCC(=O)Nc1cccc2[nH]cnc12. The van der Waals surface area contributed by atoms with E-state index in [-0.39, 0.29) is 5.91 Å². The predicted octanol–water partition coefficient (Wildman–Crippen LogP) is 2.32. The lowest BCUT2D eigenvalue weighted by Crippen LogP contribution is -2.12. The molecule has 0 spiro atoms. The number of benzene rings is 1. The van der Waals surface area contributed by atoms with Crippen LogP contribution in [0.4, 0.5) is 5.69 Å². The van der Waals surface area contributed by atoms with E-state index in [2.05, 4.69) is 15.3 Å². The van der Waals surface area contributed by atoms with E-state index in [1.54, 1.807) is 6.33 Å². The maximum Gasteiger partial charge on any atom is 0.224 e. The van der Waals surface area contributed by atoms with Gasteiger partial charge in [-0.05, 0) is 25.5 Å². The van der Waals surface area contributed by atoms with Gasteiger partial charge in [0.25, 0.3) is 0 Å². The van der Waals surface area contributed by atoms with Crippen molar-refractivity contribution in [2.45, 2.75) is 19.8 Å². The summed E-state index contributed by atoms with van der Waals surface area (Å²) in [5.74, 6) is -0.00907. The molecule has 0 aliphatic heterocycles. The number of hydrogen-bond donors (Lipinski definition) is 2. The third-order valence-electron chi connectivity index (χ3n) is 2.62. The molecule has 96 valence electrons. The molecular weight excluding hydrogens is 230 g/mol. The summed E-state index contributed by atoms with van der Waals surface area (Å²) in [5.41, 5.74) is 2.45. The first-order valence-electron chi connectivity index (χ1n) is 6.11. The lowest BCUT2D eigenvalue weighted by atomic mass is 10.2. The van der Waals surface area contributed by atoms with Crippen LogP contribution in [0.25, 0.3) is 11.0 Å². The highest BCUT2D eigenvalue weighted by Crippen LogP contribution is 2.19. The van der Waals surface area contributed by atoms with Crippen LogP contribution in [-0.2, 0) is 9.53 Å². The lowest BCUT2D eigenvalue weighted by Gasteiger charge is -2.05. The highest BCUT2D eigenvalue weighted by molar-refractivity contribution is 5.99. The van der Waals surface area contributed by atoms with Gasteiger partial charge in [0.05, 0.1) is 17.5 Å². The fourth-order valence-electron chi connectivity index (χ4n) is 1.76. The third-order valence-corrected chi connectivity index (χ3v) is 2.62. The van der Waals surface area contributed by atoms with Crippen LogP contribution in [0.15, 0.2) is 24.5 Å². The maximum absolute atomic E-state index is 11.7. The normalized spacial score (nSPS) is 10.7. The number of amides is 1. The molecule has 18 heavy (non-hydrogen) atoms. The standard InChI is InChI=1S/C13H17N3O2/c1-2-18-8-4-7-12(17)16-11-6-3-5-10-13(11)15-9-14-10/h3,5-6,9H,2,4,7-8H2,1H3,(H,14,15)(H,16,17). The van der Waals surface area contributed by atoms with Gasteiger partial charge in [0.2, 0.25) is 5.91 Å². The van der Waals surface area contributed by atoms with Gasteiger partial charge in [-0.15, -0.1) is 0 Å². The number of ether oxygens (including phenoxy) is 1. The van der Waals surface area contributed by atoms with E-state index in [1.807, 2.05) is 25.1 Å². The second-order valence-electron chi connectivity index (χ2n) is 3.95. The summed E-state index contributed by atoms with van der Waals surface area (Å²) >= 11 is 0. The number of hydrogen-bond acceptors (Lipinski definition) is 3. The molecule has 0 fully saturated rings. The predicted molar refractivity (Wildman–Crippen MR) is 70.5 cm³/mol. The second kappa shape index (κ2) is 6.16. The van der Waals surface area contributed by atoms with Crippen molar-refractivity contribution < 1.29 is 9.53 Å². The van der Waals surface area contributed by atoms with Gasteiger partial charge in [-0.3, -0.25) is 4.79 Å². The molecule has 5 nitrogen and oxygen atoms in total. The topological polar surface area (TPSA) is 67.0 Å². The Kier molecular flexibility index (Phi) is 4.30. The molecule has 2 N–H and O–H groups in total. The van der Waals surface area contributed by atoms with E-state index in [0.29, 0.717) is 19.6 Å². The smallest absolute Gasteiger partial charge is 0.224 e. The number of carbonyl (C=O) groups is 1. The van der Waals surface area contributed by atoms with Gasteiger partial charge in [-0.1, -0.05) is 6.07 Å². The molecule has 0 bridgehead atoms. The first-order chi connectivity index (χ1) is 8.81. The first kappa shape index (κ1) is 12.6. The minimum atomic E-state index is -0.00907. The van der Waals surface area contributed by atoms with Crippen LogP contribution in [0.2, 0.25) is 0 Å². The Morgan fingerprint density at radius 2 is 2.39 bits per heavy atom. The summed E-state index contributed by atoms with van der Waals surface area (Å²) in [6.07, 6.45) is 2.81. The molecular formula is C13H17N3O2. The van der Waals surface area contributed by atoms with Gasteiger partial charge in [0.1, 0.15) is 5.52 Å². The number of nitrogens with zero attached hydrogens (tertiary/aromatic N) is 1. The van der Waals surface area contributed by atoms with E-state index in [0.717, 1.165) is 23.1 Å². The molecule has 2 rings (SSSR count). The van der Waals surface area contributed by atoms with Crippen molar-refractivity contribution in [3.05, 3.63) is 24.5 Å². The molecule has 1 aromatic carbocycles. The fourth-order valence-corrected chi connectivity index (χ4v) is 1.76. The summed E-state index contributed by atoms with van der Waals surface area (Å²) in [7, 11) is 0. The van der Waals surface area contributed by atoms with Gasteiger partial charge in [-0.2, -0.15) is 0 Å². The molecule has 2 aromatic rings. The number of aromatic amines is 1. The molecule has 0 aliphatic rings. The van der Waals surface area contributed by atoms with Crippen LogP contribution < -0.4 is 5.32 Å². The summed E-state index contributed by atoms with van der Waals surface area (Å²) in [4.78, 5) is 18.9. The molecule has 5 heteroatoms. The Morgan fingerprint density at radius 1 is 1.50 bits per heavy atom. The summed E-state index contributed by atoms with van der Waals surface area (Å²) < 4.78 is 5.19. The molecule has 1 amide bonds. The van der Waals surface area contributed by atoms with Gasteiger partial charge in [0, 0.05) is 19.6 Å². The largest absolute Gasteiger partial charge is 0.382 e. The van der Waals surface area contributed by atoms with E-state index < -0.39 is 0 Å². The molecule has 1 aromatic heterocycles. The van der Waals surface area contributed by atoms with Gasteiger partial charge < -0.3 is 15.0 Å². The maximum atomic E-state index is 11.7. The van der Waals surface area contributed by atoms with Gasteiger partial charge in [-0.25, -0.2) is 4.98 Å². The Labute approximate surface area is 106 Å². The fraction of sp³-hybridized carbons (Fsp3) is 0.385. The van der Waals surface area contributed by atoms with Crippen molar-refractivity contribution in [3.63, 3.8) is 0 Å². The molecule has 1 heterocycles. The Balaban J connectivity index is 1.92. The average molecular weight is 247 g/mol. The van der Waals surface area contributed by atoms with E-state index in [9.17, 15) is 4.79 Å². The molecule has 0 atom stereocenters. The number of carbonyl (C=O) groups excluding carboxylic acids is 1. The van der Waals surface area contributed by atoms with Crippen LogP contribution in [0.5, 0.6) is 0 Å². The van der Waals surface area contributed by atoms with Crippen LogP contribution in [0, 0.1) is 0 Å². The van der Waals surface area contributed by atoms with E-state index >= 15 is 0 Å². The van der Waals surface area contributed by atoms with Crippen molar-refractivity contribution in [1.82, 2.24) is 9.97 Å². The van der Waals surface area contributed by atoms with E-state index in [4.69, 9.17) is 4.74 Å². The quantitative estimate of drug-likeness (QED) is 0.770. The number of aromatic nitrogens is 2. The highest BCUT2D eigenvalue weighted by Gasteiger charge is 2.06. The van der Waals surface area contributed by atoms with Crippen LogP contribution in [-0.4, -0.2) is 29.1 Å². The third kappa shape index (κ3) is 3.07. The number of rotatable bonds is 6. The monoisotopic (exact) mass is 247 g/mol. The Hall–Kier alpha value is -1.88. The van der Waals surface area contributed by atoms with Gasteiger partial charge >= 0.3 is 0 Å². The summed E-state index contributed by atoms with van der Waals surface area (Å²) in [6, 6.07) is 5.66. The number of para-hydroxylation sites is 1. The van der Waals surface area contributed by atoms with Crippen LogP contribution in [0.3, 0.4) is 0 Å². The number of anilines is 1. The molecule has 0 saturated carbocycles. The zero-order valence-electron chi connectivity index (χ0n) is 10.4. The van der Waals surface area contributed by atoms with Crippen molar-refractivity contribution in [1.29, 1.82) is 0 Å². The lowest BCUT2D eigenvalue weighted by molar-refractivity contribution is -0.116. The zero-order valence-corrected chi connectivity index (χ0v) is 10.4. The number of imidazole rings is 1. The second-order valence-corrected chi connectivity index (χ2v) is 3.95. The molecule has 0 saturated heterocycles. The summed E-state index contributed by atoms with van der Waals surface area (Å²) in [5, 5.41) is 2.87. The average Bonchev–Trinajstić information content (AvgIpc) is 2.84. The first-order valence-corrected chi connectivity index (χ1v) is 6.11. The minimum Gasteiger partial charge on any atom is -0.382 e. The summed E-state index contributed by atoms with van der Waals surface area (Å²) in [6.45, 7) is 3.25. The van der Waals surface area contributed by atoms with Crippen LogP contribution >= 0.6 is 0 Å². The molecule has 0 radical (unpaired) electrons. The number of H-pyrrole nitrogens is 1. The molecule has 0 aliphatic carbocycles. The van der Waals surface area contributed by atoms with Gasteiger partial charge in [0.15, 0.2) is 0 Å². The zero-order chi connectivity index (χ0) is 12.8. The van der Waals surface area contributed by atoms with Crippen molar-refractivity contribution in [2.24, 2.45) is 0 Å². The van der Waals surface area contributed by atoms with E-state index in [1.165, 1.54) is 0 Å². The Bertz CT molecular complexity index is 522. The molecule has 0 unspecified atom stereocenters. The van der Waals surface area contributed by atoms with Crippen LogP contribution in [0.1, 0.15) is 19.8 Å². The highest BCUT2D eigenvalue weighted by atomic mass is 16.5. The minimum absolute atomic E-state index is 0.00907. The number of fused-ring (bicyclic) bond motifs is 1. The van der Waals surface area contributed by atoms with Crippen molar-refractivity contribution >= 4 is 22.6 Å².